The molecule has 0 aliphatic heterocycles. The van der Waals surface area contributed by atoms with E-state index in [4.69, 9.17) is 0 Å². The summed E-state index contributed by atoms with van der Waals surface area (Å²) in [6.45, 7) is 3.85. The maximum Gasteiger partial charge on any atom is 0.0856 e. The summed E-state index contributed by atoms with van der Waals surface area (Å²) in [5, 5.41) is 10.8. The Morgan fingerprint density at radius 2 is 2.11 bits per heavy atom. The fourth-order valence-corrected chi connectivity index (χ4v) is 2.95. The molecule has 0 radical (unpaired) electrons. The number of aromatic nitrogens is 1. The van der Waals surface area contributed by atoms with Crippen molar-refractivity contribution in [2.24, 2.45) is 5.92 Å². The molecule has 18 heavy (non-hydrogen) atoms. The van der Waals surface area contributed by atoms with Gasteiger partial charge in [-0.05, 0) is 43.7 Å². The van der Waals surface area contributed by atoms with E-state index in [9.17, 15) is 5.11 Å². The van der Waals surface area contributed by atoms with Gasteiger partial charge in [-0.1, -0.05) is 31.4 Å². The normalized spacial score (nSPS) is 20.3. The molecule has 1 fully saturated rings. The van der Waals surface area contributed by atoms with Gasteiger partial charge in [0.1, 0.15) is 0 Å². The van der Waals surface area contributed by atoms with Crippen molar-refractivity contribution in [3.05, 3.63) is 42.7 Å². The molecule has 2 heteroatoms. The molecule has 1 saturated carbocycles. The molecule has 1 aromatic rings. The van der Waals surface area contributed by atoms with Crippen LogP contribution in [-0.2, 0) is 6.42 Å². The van der Waals surface area contributed by atoms with Gasteiger partial charge in [-0.3, -0.25) is 4.98 Å². The van der Waals surface area contributed by atoms with Gasteiger partial charge in [0.2, 0.25) is 0 Å². The summed E-state index contributed by atoms with van der Waals surface area (Å²) in [7, 11) is 0. The molecule has 0 amide bonds. The van der Waals surface area contributed by atoms with Crippen molar-refractivity contribution in [1.29, 1.82) is 0 Å². The van der Waals surface area contributed by atoms with Crippen LogP contribution in [0.2, 0.25) is 0 Å². The number of aryl methyl sites for hydroxylation is 1. The Labute approximate surface area is 110 Å². The van der Waals surface area contributed by atoms with Gasteiger partial charge >= 0.3 is 0 Å². The fraction of sp³-hybridized carbons (Fsp3) is 0.562. The Bertz CT molecular complexity index is 370. The van der Waals surface area contributed by atoms with Crippen LogP contribution in [0.4, 0.5) is 0 Å². The van der Waals surface area contributed by atoms with Crippen molar-refractivity contribution >= 4 is 0 Å². The Hall–Kier alpha value is -1.15. The highest BCUT2D eigenvalue weighted by molar-refractivity contribution is 5.08. The van der Waals surface area contributed by atoms with Gasteiger partial charge in [0.05, 0.1) is 5.60 Å². The number of nitrogens with zero attached hydrogens (tertiary/aromatic N) is 1. The van der Waals surface area contributed by atoms with E-state index in [0.29, 0.717) is 5.92 Å². The van der Waals surface area contributed by atoms with Crippen molar-refractivity contribution in [3.63, 3.8) is 0 Å². The number of pyridine rings is 1. The van der Waals surface area contributed by atoms with E-state index < -0.39 is 5.60 Å². The second-order valence-electron chi connectivity index (χ2n) is 5.35. The molecule has 1 unspecified atom stereocenters. The first kappa shape index (κ1) is 13.3. The zero-order chi connectivity index (χ0) is 12.8. The summed E-state index contributed by atoms with van der Waals surface area (Å²) in [5.74, 6) is 0.382. The molecular weight excluding hydrogens is 222 g/mol. The molecule has 2 nitrogen and oxygen atoms in total. The third kappa shape index (κ3) is 3.20. The van der Waals surface area contributed by atoms with Crippen LogP contribution in [0.3, 0.4) is 0 Å². The topological polar surface area (TPSA) is 33.1 Å². The van der Waals surface area contributed by atoms with Crippen LogP contribution >= 0.6 is 0 Å². The van der Waals surface area contributed by atoms with Crippen LogP contribution in [0.1, 0.15) is 44.2 Å². The van der Waals surface area contributed by atoms with E-state index in [2.05, 4.69) is 11.6 Å². The molecule has 1 aromatic heterocycles. The van der Waals surface area contributed by atoms with Crippen molar-refractivity contribution in [2.75, 3.05) is 0 Å². The van der Waals surface area contributed by atoms with Crippen molar-refractivity contribution in [3.8, 4) is 0 Å². The van der Waals surface area contributed by atoms with Gasteiger partial charge in [0, 0.05) is 11.9 Å². The number of aliphatic hydroxyl groups is 1. The lowest BCUT2D eigenvalue weighted by Crippen LogP contribution is -2.37. The monoisotopic (exact) mass is 245 g/mol. The third-order valence-corrected chi connectivity index (χ3v) is 4.17. The Kier molecular flexibility index (Phi) is 4.54. The minimum Gasteiger partial charge on any atom is -0.386 e. The molecule has 0 saturated heterocycles. The zero-order valence-corrected chi connectivity index (χ0v) is 11.0. The Balaban J connectivity index is 1.97. The second-order valence-corrected chi connectivity index (χ2v) is 5.35. The largest absolute Gasteiger partial charge is 0.386 e. The Morgan fingerprint density at radius 3 is 2.72 bits per heavy atom. The summed E-state index contributed by atoms with van der Waals surface area (Å²) in [5.41, 5.74) is 0.339. The fourth-order valence-electron chi connectivity index (χ4n) is 2.95. The van der Waals surface area contributed by atoms with Crippen LogP contribution in [0.5, 0.6) is 0 Å². The smallest absolute Gasteiger partial charge is 0.0856 e. The van der Waals surface area contributed by atoms with E-state index in [1.165, 1.54) is 19.3 Å². The van der Waals surface area contributed by atoms with Crippen molar-refractivity contribution in [1.82, 2.24) is 4.98 Å². The van der Waals surface area contributed by atoms with E-state index in [1.54, 1.807) is 6.08 Å². The highest BCUT2D eigenvalue weighted by atomic mass is 16.3. The molecule has 98 valence electrons. The molecule has 1 aliphatic rings. The first-order chi connectivity index (χ1) is 8.74. The van der Waals surface area contributed by atoms with Gasteiger partial charge in [-0.2, -0.15) is 0 Å². The van der Waals surface area contributed by atoms with Crippen molar-refractivity contribution in [2.45, 2.75) is 50.5 Å². The summed E-state index contributed by atoms with van der Waals surface area (Å²) < 4.78 is 0. The highest BCUT2D eigenvalue weighted by Gasteiger charge is 2.34. The SMILES string of the molecule is C=CC(O)(CCc1ccccn1)C1CCCCC1. The van der Waals surface area contributed by atoms with Crippen LogP contribution in [-0.4, -0.2) is 15.7 Å². The minimum absolute atomic E-state index is 0.382. The molecule has 0 spiro atoms. The molecule has 1 heterocycles. The number of rotatable bonds is 5. The van der Waals surface area contributed by atoms with Crippen LogP contribution < -0.4 is 0 Å². The van der Waals surface area contributed by atoms with E-state index in [1.807, 2.05) is 24.4 Å². The van der Waals surface area contributed by atoms with Crippen LogP contribution in [0.15, 0.2) is 37.1 Å². The maximum absolute atomic E-state index is 10.8. The number of hydrogen-bond acceptors (Lipinski definition) is 2. The average molecular weight is 245 g/mol. The van der Waals surface area contributed by atoms with E-state index in [-0.39, 0.29) is 0 Å². The van der Waals surface area contributed by atoms with Gasteiger partial charge in [0.15, 0.2) is 0 Å². The van der Waals surface area contributed by atoms with Crippen LogP contribution in [0.25, 0.3) is 0 Å². The lowest BCUT2D eigenvalue weighted by molar-refractivity contribution is 0.00379. The molecule has 1 aliphatic carbocycles. The minimum atomic E-state index is -0.710. The average Bonchev–Trinajstić information content (AvgIpc) is 2.47. The number of hydrogen-bond donors (Lipinski definition) is 1. The van der Waals surface area contributed by atoms with E-state index in [0.717, 1.165) is 31.4 Å². The molecule has 1 N–H and O–H groups in total. The third-order valence-electron chi connectivity index (χ3n) is 4.17. The lowest BCUT2D eigenvalue weighted by Gasteiger charge is -2.36. The molecule has 0 bridgehead atoms. The van der Waals surface area contributed by atoms with Gasteiger partial charge in [-0.25, -0.2) is 0 Å². The molecule has 1 atom stereocenters. The van der Waals surface area contributed by atoms with Crippen molar-refractivity contribution < 1.29 is 5.11 Å². The summed E-state index contributed by atoms with van der Waals surface area (Å²) in [6, 6.07) is 5.94. The quantitative estimate of drug-likeness (QED) is 0.805. The standard InChI is InChI=1S/C16H23NO/c1-2-16(18,14-8-4-3-5-9-14)12-11-15-10-6-7-13-17-15/h2,6-7,10,13-14,18H,1,3-5,8-9,11-12H2. The maximum atomic E-state index is 10.8. The van der Waals surface area contributed by atoms with Gasteiger partial charge in [0.25, 0.3) is 0 Å². The molecular formula is C16H23NO. The highest BCUT2D eigenvalue weighted by Crippen LogP contribution is 2.36. The second kappa shape index (κ2) is 6.14. The van der Waals surface area contributed by atoms with Gasteiger partial charge in [-0.15, -0.1) is 6.58 Å². The first-order valence-electron chi connectivity index (χ1n) is 7.00. The first-order valence-corrected chi connectivity index (χ1v) is 7.00. The van der Waals surface area contributed by atoms with Gasteiger partial charge < -0.3 is 5.11 Å². The predicted molar refractivity (Wildman–Crippen MR) is 74.3 cm³/mol. The summed E-state index contributed by atoms with van der Waals surface area (Å²) in [6.07, 6.45) is 11.2. The Morgan fingerprint density at radius 1 is 1.33 bits per heavy atom. The van der Waals surface area contributed by atoms with Crippen LogP contribution in [0, 0.1) is 5.92 Å². The molecule has 0 aromatic carbocycles. The summed E-state index contributed by atoms with van der Waals surface area (Å²) >= 11 is 0. The predicted octanol–water partition coefficient (Wildman–Crippen LogP) is 3.51. The summed E-state index contributed by atoms with van der Waals surface area (Å²) in [4.78, 5) is 4.32. The lowest BCUT2D eigenvalue weighted by atomic mass is 9.74. The zero-order valence-electron chi connectivity index (χ0n) is 11.0. The molecule has 2 rings (SSSR count). The van der Waals surface area contributed by atoms with E-state index >= 15 is 0 Å².